The van der Waals surface area contributed by atoms with Gasteiger partial charge in [0.2, 0.25) is 5.88 Å². The Morgan fingerprint density at radius 1 is 0.806 bits per heavy atom. The minimum absolute atomic E-state index is 0.311. The van der Waals surface area contributed by atoms with Crippen LogP contribution < -0.4 is 9.47 Å². The number of rotatable bonds is 9. The summed E-state index contributed by atoms with van der Waals surface area (Å²) in [5.41, 5.74) is 5.11. The Balaban J connectivity index is 1.28. The summed E-state index contributed by atoms with van der Waals surface area (Å²) in [6.45, 7) is 2.71. The molecule has 0 aliphatic heterocycles. The number of aryl methyl sites for hydroxylation is 2. The molecule has 0 saturated carbocycles. The van der Waals surface area contributed by atoms with Gasteiger partial charge in [0.25, 0.3) is 0 Å². The first kappa shape index (κ1) is 23.5. The number of H-pyrrole nitrogens is 1. The van der Waals surface area contributed by atoms with Gasteiger partial charge in [0.15, 0.2) is 0 Å². The summed E-state index contributed by atoms with van der Waals surface area (Å²) in [4.78, 5) is 14.6. The maximum absolute atomic E-state index is 11.4. The van der Waals surface area contributed by atoms with E-state index in [2.05, 4.69) is 48.3 Å². The molecule has 0 aliphatic rings. The molecular formula is C31H29NO4. The van der Waals surface area contributed by atoms with E-state index in [9.17, 15) is 9.90 Å². The molecule has 5 rings (SSSR count). The van der Waals surface area contributed by atoms with Crippen molar-refractivity contribution in [2.45, 2.75) is 32.6 Å². The lowest BCUT2D eigenvalue weighted by molar-refractivity contribution is 0.142. The Kier molecular flexibility index (Phi) is 6.89. The highest BCUT2D eigenvalue weighted by Crippen LogP contribution is 2.37. The van der Waals surface area contributed by atoms with Crippen molar-refractivity contribution in [2.75, 3.05) is 6.61 Å². The summed E-state index contributed by atoms with van der Waals surface area (Å²) in [5.74, 6) is 1.22. The average molecular weight is 480 g/mol. The smallest absolute Gasteiger partial charge is 0.493 e. The number of fused-ring (bicyclic) bond motifs is 2. The lowest BCUT2D eigenvalue weighted by Crippen LogP contribution is -2.05. The number of nitrogens with one attached hydrogen (secondary N) is 1. The molecule has 1 heterocycles. The van der Waals surface area contributed by atoms with E-state index in [-0.39, 0.29) is 0 Å². The number of aromatic amines is 1. The third kappa shape index (κ3) is 4.91. The van der Waals surface area contributed by atoms with Gasteiger partial charge in [-0.15, -0.1) is 0 Å². The first-order valence-electron chi connectivity index (χ1n) is 12.3. The van der Waals surface area contributed by atoms with Crippen LogP contribution in [-0.4, -0.2) is 22.9 Å². The summed E-state index contributed by atoms with van der Waals surface area (Å²) in [7, 11) is 0. The van der Waals surface area contributed by atoms with Gasteiger partial charge < -0.3 is 19.6 Å². The molecule has 2 N–H and O–H groups in total. The minimum atomic E-state index is -1.32. The molecule has 0 amide bonds. The molecule has 0 unspecified atom stereocenters. The van der Waals surface area contributed by atoms with Gasteiger partial charge in [-0.05, 0) is 55.2 Å². The van der Waals surface area contributed by atoms with Crippen molar-refractivity contribution in [1.29, 1.82) is 0 Å². The van der Waals surface area contributed by atoms with Crippen LogP contribution >= 0.6 is 0 Å². The van der Waals surface area contributed by atoms with Crippen molar-refractivity contribution in [3.63, 3.8) is 0 Å². The molecule has 1 aromatic heterocycles. The Hall–Kier alpha value is -4.25. The van der Waals surface area contributed by atoms with E-state index >= 15 is 0 Å². The molecule has 4 aromatic carbocycles. The second-order valence-electron chi connectivity index (χ2n) is 8.98. The molecule has 0 bridgehead atoms. The van der Waals surface area contributed by atoms with E-state index in [0.717, 1.165) is 63.6 Å². The van der Waals surface area contributed by atoms with Crippen LogP contribution in [0, 0.1) is 6.92 Å². The number of hydrogen-bond donors (Lipinski definition) is 2. The number of benzene rings is 4. The van der Waals surface area contributed by atoms with E-state index in [1.165, 1.54) is 5.39 Å². The van der Waals surface area contributed by atoms with Gasteiger partial charge in [0.1, 0.15) is 5.75 Å². The zero-order valence-corrected chi connectivity index (χ0v) is 20.3. The van der Waals surface area contributed by atoms with Gasteiger partial charge in [-0.2, -0.15) is 0 Å². The second-order valence-corrected chi connectivity index (χ2v) is 8.98. The van der Waals surface area contributed by atoms with E-state index < -0.39 is 6.16 Å². The molecule has 182 valence electrons. The third-order valence-electron chi connectivity index (χ3n) is 6.61. The lowest BCUT2D eigenvalue weighted by Gasteiger charge is -2.09. The van der Waals surface area contributed by atoms with Crippen molar-refractivity contribution in [1.82, 2.24) is 4.98 Å². The zero-order valence-electron chi connectivity index (χ0n) is 20.3. The number of ether oxygens (including phenoxy) is 2. The van der Waals surface area contributed by atoms with Gasteiger partial charge in [-0.1, -0.05) is 78.9 Å². The van der Waals surface area contributed by atoms with E-state index in [1.807, 2.05) is 48.5 Å². The van der Waals surface area contributed by atoms with Gasteiger partial charge in [-0.25, -0.2) is 4.79 Å². The summed E-state index contributed by atoms with van der Waals surface area (Å²) >= 11 is 0. The molecule has 0 saturated heterocycles. The second kappa shape index (κ2) is 10.6. The van der Waals surface area contributed by atoms with E-state index in [0.29, 0.717) is 18.9 Å². The predicted molar refractivity (Wildman–Crippen MR) is 144 cm³/mol. The van der Waals surface area contributed by atoms with Crippen LogP contribution in [0.5, 0.6) is 11.6 Å². The molecule has 0 spiro atoms. The lowest BCUT2D eigenvalue weighted by atomic mass is 9.97. The molecule has 0 atom stereocenters. The number of para-hydroxylation sites is 1. The maximum Gasteiger partial charge on any atom is 0.512 e. The van der Waals surface area contributed by atoms with Crippen LogP contribution in [0.4, 0.5) is 4.79 Å². The Labute approximate surface area is 210 Å². The standard InChI is InChI=1S/C31H29NO4/c1-21-11-4-6-14-23(21)25-17-10-18-26-27(30(32-29(25)26)36-31(33)34)16-3-2-8-20-35-28-19-9-13-22-12-5-7-15-24(22)28/h4-7,9-15,17-19,32H,2-3,8,16,20H2,1H3,(H,33,34). The van der Waals surface area contributed by atoms with Crippen molar-refractivity contribution < 1.29 is 19.4 Å². The topological polar surface area (TPSA) is 71.6 Å². The van der Waals surface area contributed by atoms with Crippen LogP contribution in [-0.2, 0) is 6.42 Å². The number of aromatic nitrogens is 1. The van der Waals surface area contributed by atoms with Crippen molar-refractivity contribution in [2.24, 2.45) is 0 Å². The Morgan fingerprint density at radius 3 is 2.39 bits per heavy atom. The number of unbranched alkanes of at least 4 members (excludes halogenated alkanes) is 2. The maximum atomic E-state index is 11.4. The quantitative estimate of drug-likeness (QED) is 0.165. The highest BCUT2D eigenvalue weighted by molar-refractivity contribution is 5.98. The minimum Gasteiger partial charge on any atom is -0.493 e. The fourth-order valence-electron chi connectivity index (χ4n) is 4.86. The van der Waals surface area contributed by atoms with Crippen molar-refractivity contribution in [3.8, 4) is 22.8 Å². The normalized spacial score (nSPS) is 11.1. The van der Waals surface area contributed by atoms with Crippen LogP contribution in [0.2, 0.25) is 0 Å². The number of carbonyl (C=O) groups is 1. The molecule has 36 heavy (non-hydrogen) atoms. The van der Waals surface area contributed by atoms with Crippen molar-refractivity contribution >= 4 is 27.8 Å². The third-order valence-corrected chi connectivity index (χ3v) is 6.61. The van der Waals surface area contributed by atoms with Gasteiger partial charge >= 0.3 is 6.16 Å². The summed E-state index contributed by atoms with van der Waals surface area (Å²) in [5, 5.41) is 12.6. The largest absolute Gasteiger partial charge is 0.512 e. The first-order chi connectivity index (χ1) is 17.6. The van der Waals surface area contributed by atoms with Gasteiger partial charge in [0.05, 0.1) is 12.1 Å². The molecule has 5 nitrogen and oxygen atoms in total. The van der Waals surface area contributed by atoms with Gasteiger partial charge in [-0.3, -0.25) is 0 Å². The molecule has 0 fully saturated rings. The molecular weight excluding hydrogens is 450 g/mol. The van der Waals surface area contributed by atoms with Crippen LogP contribution in [0.15, 0.2) is 84.9 Å². The Bertz CT molecular complexity index is 1510. The number of carboxylic acid groups (broad SMARTS) is 1. The molecule has 0 aliphatic carbocycles. The molecule has 0 radical (unpaired) electrons. The van der Waals surface area contributed by atoms with E-state index in [4.69, 9.17) is 9.47 Å². The zero-order chi connectivity index (χ0) is 24.9. The van der Waals surface area contributed by atoms with Gasteiger partial charge in [0, 0.05) is 21.9 Å². The Morgan fingerprint density at radius 2 is 1.53 bits per heavy atom. The summed E-state index contributed by atoms with van der Waals surface area (Å²) in [6.07, 6.45) is 2.17. The predicted octanol–water partition coefficient (Wildman–Crippen LogP) is 8.15. The SMILES string of the molecule is Cc1ccccc1-c1cccc2c(CCCCCOc3cccc4ccccc34)c(OC(=O)O)[nH]c12. The van der Waals surface area contributed by atoms with Crippen LogP contribution in [0.3, 0.4) is 0 Å². The number of hydrogen-bond acceptors (Lipinski definition) is 3. The average Bonchev–Trinajstić information content (AvgIpc) is 3.23. The molecule has 5 aromatic rings. The highest BCUT2D eigenvalue weighted by Gasteiger charge is 2.18. The van der Waals surface area contributed by atoms with Crippen LogP contribution in [0.25, 0.3) is 32.8 Å². The van der Waals surface area contributed by atoms with Crippen LogP contribution in [0.1, 0.15) is 30.4 Å². The van der Waals surface area contributed by atoms with Crippen molar-refractivity contribution in [3.05, 3.63) is 96.1 Å². The summed E-state index contributed by atoms with van der Waals surface area (Å²) < 4.78 is 11.2. The monoisotopic (exact) mass is 479 g/mol. The molecule has 5 heteroatoms. The fraction of sp³-hybridized carbons (Fsp3) is 0.194. The first-order valence-corrected chi connectivity index (χ1v) is 12.3. The van der Waals surface area contributed by atoms with E-state index in [1.54, 1.807) is 0 Å². The summed E-state index contributed by atoms with van der Waals surface area (Å²) in [6, 6.07) is 28.6. The fourth-order valence-corrected chi connectivity index (χ4v) is 4.86. The highest BCUT2D eigenvalue weighted by atomic mass is 16.7.